The van der Waals surface area contributed by atoms with Crippen LogP contribution < -0.4 is 31.9 Å². The molecule has 0 unspecified atom stereocenters. The molecule has 2 aromatic heterocycles. The van der Waals surface area contributed by atoms with Crippen LogP contribution in [0.5, 0.6) is 0 Å². The molecule has 0 fully saturated rings. The van der Waals surface area contributed by atoms with Crippen LogP contribution in [0.1, 0.15) is 126 Å². The number of fused-ring (bicyclic) bond motifs is 4. The van der Waals surface area contributed by atoms with Crippen LogP contribution in [0.25, 0.3) is 0 Å². The highest BCUT2D eigenvalue weighted by Gasteiger charge is 2.32. The van der Waals surface area contributed by atoms with Crippen LogP contribution in [0.3, 0.4) is 0 Å². The van der Waals surface area contributed by atoms with Crippen molar-refractivity contribution in [1.82, 2.24) is 41.9 Å². The van der Waals surface area contributed by atoms with Crippen molar-refractivity contribution in [1.29, 1.82) is 0 Å². The third-order valence-corrected chi connectivity index (χ3v) is 12.0. The van der Waals surface area contributed by atoms with Crippen LogP contribution in [0.2, 0.25) is 0 Å². The number of halogens is 2. The number of amides is 6. The van der Waals surface area contributed by atoms with E-state index in [2.05, 4.69) is 54.5 Å². The molecule has 0 aliphatic carbocycles. The summed E-state index contributed by atoms with van der Waals surface area (Å²) in [7, 11) is 0. The van der Waals surface area contributed by atoms with Gasteiger partial charge in [-0.25, -0.2) is 28.3 Å². The van der Waals surface area contributed by atoms with E-state index < -0.39 is 101 Å². The van der Waals surface area contributed by atoms with Gasteiger partial charge in [0.05, 0.1) is 37.3 Å². The first kappa shape index (κ1) is 61.5. The Kier molecular flexibility index (Phi) is 26.4. The second-order valence-corrected chi connectivity index (χ2v) is 19.0. The monoisotopic (exact) mass is 1070 g/mol. The van der Waals surface area contributed by atoms with E-state index in [-0.39, 0.29) is 59.7 Å². The van der Waals surface area contributed by atoms with Crippen LogP contribution in [-0.4, -0.2) is 98.3 Å². The molecule has 6 N–H and O–H groups in total. The molecule has 4 heterocycles. The van der Waals surface area contributed by atoms with Gasteiger partial charge in [0, 0.05) is 12.2 Å². The summed E-state index contributed by atoms with van der Waals surface area (Å²) in [5.41, 5.74) is -1.00. The summed E-state index contributed by atoms with van der Waals surface area (Å²) < 4.78 is 39.8. The summed E-state index contributed by atoms with van der Waals surface area (Å²) in [4.78, 5) is 122. The molecule has 0 radical (unpaired) electrons. The number of thiol groups is 1. The number of esters is 2. The fraction of sp³-hybridized carbons (Fsp3) is 0.471. The molecule has 0 spiro atoms. The van der Waals surface area contributed by atoms with Crippen molar-refractivity contribution < 1.29 is 61.4 Å². The molecule has 2 aliphatic rings. The maximum Gasteiger partial charge on any atom is 0.329 e. The van der Waals surface area contributed by atoms with Crippen LogP contribution in [-0.2, 0) is 56.1 Å². The van der Waals surface area contributed by atoms with E-state index in [0.29, 0.717) is 30.8 Å². The Morgan fingerprint density at radius 1 is 0.703 bits per heavy atom. The van der Waals surface area contributed by atoms with Crippen molar-refractivity contribution in [3.8, 4) is 0 Å². The maximum atomic E-state index is 14.4. The van der Waals surface area contributed by atoms with Crippen molar-refractivity contribution in [2.45, 2.75) is 131 Å². The number of nitrogens with one attached hydrogen (secondary N) is 6. The second-order valence-electron chi connectivity index (χ2n) is 17.4. The first-order chi connectivity index (χ1) is 35.2. The highest BCUT2D eigenvalue weighted by Crippen LogP contribution is 2.16. The highest BCUT2D eigenvalue weighted by atomic mass is 32.2. The van der Waals surface area contributed by atoms with Gasteiger partial charge < -0.3 is 41.4 Å². The minimum absolute atomic E-state index is 0.0774. The van der Waals surface area contributed by atoms with Gasteiger partial charge >= 0.3 is 11.9 Å². The Hall–Kier alpha value is -6.75. The van der Waals surface area contributed by atoms with Crippen molar-refractivity contribution in [2.75, 3.05) is 11.5 Å². The smallest absolute Gasteiger partial charge is 0.329 e. The number of thioether (sulfide) groups is 1. The molecule has 2 aromatic rings. The van der Waals surface area contributed by atoms with Gasteiger partial charge in [-0.2, -0.15) is 12.6 Å². The molecule has 23 heteroatoms. The Bertz CT molecular complexity index is 2480. The fourth-order valence-corrected chi connectivity index (χ4v) is 7.55. The molecule has 74 heavy (non-hydrogen) atoms. The number of carbonyl (C=O) groups excluding carboxylic acids is 9. The summed E-state index contributed by atoms with van der Waals surface area (Å²) in [5, 5.41) is 15.1. The Balaban J connectivity index is 0.000000395. The number of hydrogen-bond acceptors (Lipinski definition) is 15. The van der Waals surface area contributed by atoms with Gasteiger partial charge in [0.1, 0.15) is 35.7 Å². The average Bonchev–Trinajstić information content (AvgIpc) is 3.35. The molecule has 4 bridgehead atoms. The van der Waals surface area contributed by atoms with E-state index >= 15 is 0 Å². The van der Waals surface area contributed by atoms with Gasteiger partial charge in [0.2, 0.25) is 11.8 Å². The molecule has 0 saturated heterocycles. The minimum atomic E-state index is -1.10. The van der Waals surface area contributed by atoms with Gasteiger partial charge in [0.25, 0.3) is 23.6 Å². The number of hydrogen-bond donors (Lipinski definition) is 7. The van der Waals surface area contributed by atoms with Gasteiger partial charge in [-0.3, -0.25) is 33.6 Å². The van der Waals surface area contributed by atoms with E-state index in [1.807, 2.05) is 6.92 Å². The normalized spacial score (nSPS) is 21.0. The number of carbonyl (C=O) groups is 9. The molecule has 19 nitrogen and oxygen atoms in total. The summed E-state index contributed by atoms with van der Waals surface area (Å²) in [6, 6.07) is 2.60. The number of cyclic esters (lactones) is 2. The van der Waals surface area contributed by atoms with Crippen molar-refractivity contribution >= 4 is 76.9 Å². The number of aromatic nitrogens is 2. The standard InChI is InChI=1S/C28H37FN4O6S.C23H29FN4O5S/c1-5-7-11-23(35)40-14-9-8-10-19-15-22(34)30-16-18-12-13-20(29)25(31-18)27(37)32-21(6-2)26(36)33-24(17(3)4)28(38)39-19;1-4-17-21(30)28-19(13(2)3)23(32)33-15(7-5-6-10-34)11-18(29)25-12-14-8-9-16(24)20(26-14)22(31)27-17/h6,8,10,12-13,17,19,24H,5,7,9,11,14-16H2,1-4H3,(H,30,34)(H,32,37)(H,33,36);4-5,7-9,13,15,19,34H,6,10-12H2,1-3H3,(H,25,29)(H,27,31)(H,28,30)/b10-8+,21-6-;7-5+,17-4-/t19-,24+;15-,19+/m11/s1. The Morgan fingerprint density at radius 3 is 1.53 bits per heavy atom. The number of unbranched alkanes of at least 4 members (excludes halogenated alkanes) is 1. The largest absolute Gasteiger partial charge is 0.456 e. The number of rotatable bonds is 12. The first-order valence-corrected chi connectivity index (χ1v) is 25.7. The number of ether oxygens (including phenoxy) is 2. The zero-order valence-corrected chi connectivity index (χ0v) is 44.2. The third kappa shape index (κ3) is 20.6. The topological polar surface area (TPSA) is 270 Å². The fourth-order valence-electron chi connectivity index (χ4n) is 6.63. The van der Waals surface area contributed by atoms with Crippen LogP contribution in [0.15, 0.2) is 72.1 Å². The lowest BCUT2D eigenvalue weighted by Crippen LogP contribution is -2.48. The predicted molar refractivity (Wildman–Crippen MR) is 275 cm³/mol. The molecule has 4 atom stereocenters. The number of nitrogens with zero attached hydrogens (tertiary/aromatic N) is 2. The van der Waals surface area contributed by atoms with E-state index in [0.717, 1.165) is 25.0 Å². The summed E-state index contributed by atoms with van der Waals surface area (Å²) in [6.45, 7) is 11.7. The van der Waals surface area contributed by atoms with Crippen molar-refractivity contribution in [2.24, 2.45) is 11.8 Å². The lowest BCUT2D eigenvalue weighted by molar-refractivity contribution is -0.153. The number of allylic oxidation sites excluding steroid dienone is 4. The molecule has 2 aliphatic heterocycles. The SMILES string of the molecule is C/C=C1\NC(=O)c2nc(ccc2F)CNC(=O)C[C@@H](/C=C/CCS)OC(=O)[C@H](C(C)C)NC1=O.C/C=C1\NC(=O)c2nc(ccc2F)CNC(=O)C[C@@H](/C=C/CCSC(=O)CCCC)OC(=O)[C@H](C(C)C)NC1=O. The molecular formula is C51H66F2N8O11S2. The molecule has 0 aromatic carbocycles. The third-order valence-electron chi connectivity index (χ3n) is 10.7. The number of pyridine rings is 2. The van der Waals surface area contributed by atoms with E-state index in [1.54, 1.807) is 52.0 Å². The zero-order chi connectivity index (χ0) is 54.9. The minimum Gasteiger partial charge on any atom is -0.456 e. The van der Waals surface area contributed by atoms with Crippen LogP contribution in [0, 0.1) is 23.5 Å². The second kappa shape index (κ2) is 31.8. The van der Waals surface area contributed by atoms with Gasteiger partial charge in [0.15, 0.2) is 28.1 Å². The maximum absolute atomic E-state index is 14.4. The van der Waals surface area contributed by atoms with Crippen molar-refractivity contribution in [3.63, 3.8) is 0 Å². The highest BCUT2D eigenvalue weighted by molar-refractivity contribution is 8.13. The molecule has 4 rings (SSSR count). The van der Waals surface area contributed by atoms with E-state index in [1.165, 1.54) is 49.9 Å². The quantitative estimate of drug-likeness (QED) is 0.0478. The Labute approximate surface area is 439 Å². The lowest BCUT2D eigenvalue weighted by Gasteiger charge is -2.24. The van der Waals surface area contributed by atoms with E-state index in [9.17, 15) is 51.9 Å². The van der Waals surface area contributed by atoms with Gasteiger partial charge in [-0.1, -0.05) is 77.1 Å². The van der Waals surface area contributed by atoms with Crippen LogP contribution >= 0.6 is 24.4 Å². The summed E-state index contributed by atoms with van der Waals surface area (Å²) in [6.07, 6.45) is 10.5. The lowest BCUT2D eigenvalue weighted by atomic mass is 10.0. The summed E-state index contributed by atoms with van der Waals surface area (Å²) in [5.74, 6) is -7.27. The van der Waals surface area contributed by atoms with Crippen molar-refractivity contribution in [3.05, 3.63) is 107 Å². The summed E-state index contributed by atoms with van der Waals surface area (Å²) >= 11 is 5.37. The molecule has 0 saturated carbocycles. The first-order valence-electron chi connectivity index (χ1n) is 24.1. The van der Waals surface area contributed by atoms with Gasteiger partial charge in [-0.05, 0) is 87.1 Å². The molecule has 6 amide bonds. The Morgan fingerprint density at radius 2 is 1.14 bits per heavy atom. The van der Waals surface area contributed by atoms with Gasteiger partial charge in [-0.15, -0.1) is 0 Å². The zero-order valence-electron chi connectivity index (χ0n) is 42.5. The van der Waals surface area contributed by atoms with E-state index in [4.69, 9.17) is 9.47 Å². The predicted octanol–water partition coefficient (Wildman–Crippen LogP) is 5.13. The average molecular weight is 1070 g/mol. The molecular weight excluding hydrogens is 1000 g/mol. The van der Waals surface area contributed by atoms with Crippen LogP contribution in [0.4, 0.5) is 8.78 Å². The molecule has 402 valence electrons.